The molecular weight excluding hydrogens is 234 g/mol. The summed E-state index contributed by atoms with van der Waals surface area (Å²) in [6.45, 7) is 2.43. The molecule has 0 bridgehead atoms. The number of ether oxygens (including phenoxy) is 1. The molecule has 0 saturated heterocycles. The molecule has 1 heterocycles. The second-order valence-corrected chi connectivity index (χ2v) is 4.08. The number of rotatable bonds is 7. The Labute approximate surface area is 106 Å². The largest absolute Gasteiger partial charge is 0.469 e. The lowest BCUT2D eigenvalue weighted by Crippen LogP contribution is -2.24. The minimum atomic E-state index is -0.189. The van der Waals surface area contributed by atoms with Crippen molar-refractivity contribution in [3.8, 4) is 0 Å². The van der Waals surface area contributed by atoms with Crippen LogP contribution >= 0.6 is 0 Å². The summed E-state index contributed by atoms with van der Waals surface area (Å²) in [6, 6.07) is 1.70. The molecule has 1 aromatic heterocycles. The van der Waals surface area contributed by atoms with Gasteiger partial charge in [0.05, 0.1) is 7.11 Å². The molecule has 0 radical (unpaired) electrons. The maximum absolute atomic E-state index is 11.6. The third-order valence-corrected chi connectivity index (χ3v) is 2.51. The molecule has 2 N–H and O–H groups in total. The van der Waals surface area contributed by atoms with E-state index in [-0.39, 0.29) is 11.9 Å². The van der Waals surface area contributed by atoms with E-state index in [1.54, 1.807) is 6.07 Å². The van der Waals surface area contributed by atoms with Crippen molar-refractivity contribution >= 4 is 11.9 Å². The highest BCUT2D eigenvalue weighted by atomic mass is 16.5. The van der Waals surface area contributed by atoms with Crippen molar-refractivity contribution in [2.24, 2.45) is 0 Å². The van der Waals surface area contributed by atoms with E-state index in [4.69, 9.17) is 0 Å². The van der Waals surface area contributed by atoms with Gasteiger partial charge in [-0.25, -0.2) is 0 Å². The van der Waals surface area contributed by atoms with Crippen molar-refractivity contribution < 1.29 is 14.3 Å². The molecule has 0 aliphatic rings. The summed E-state index contributed by atoms with van der Waals surface area (Å²) in [5, 5.41) is 9.36. The van der Waals surface area contributed by atoms with Crippen molar-refractivity contribution in [1.29, 1.82) is 0 Å². The van der Waals surface area contributed by atoms with E-state index in [0.717, 1.165) is 25.0 Å². The third-order valence-electron chi connectivity index (χ3n) is 2.51. The van der Waals surface area contributed by atoms with Crippen LogP contribution in [0.2, 0.25) is 0 Å². The molecule has 0 fully saturated rings. The number of amides is 1. The topological polar surface area (TPSA) is 84.1 Å². The van der Waals surface area contributed by atoms with Crippen molar-refractivity contribution in [2.45, 2.75) is 32.6 Å². The highest BCUT2D eigenvalue weighted by Gasteiger charge is 2.07. The number of nitrogens with one attached hydrogen (secondary N) is 2. The van der Waals surface area contributed by atoms with Gasteiger partial charge in [0.1, 0.15) is 5.69 Å². The van der Waals surface area contributed by atoms with Crippen LogP contribution in [0.4, 0.5) is 0 Å². The minimum Gasteiger partial charge on any atom is -0.469 e. The monoisotopic (exact) mass is 253 g/mol. The van der Waals surface area contributed by atoms with E-state index < -0.39 is 0 Å². The first kappa shape index (κ1) is 14.2. The lowest BCUT2D eigenvalue weighted by atomic mass is 10.2. The predicted molar refractivity (Wildman–Crippen MR) is 66.1 cm³/mol. The lowest BCUT2D eigenvalue weighted by molar-refractivity contribution is -0.140. The van der Waals surface area contributed by atoms with Gasteiger partial charge in [-0.15, -0.1) is 0 Å². The second kappa shape index (κ2) is 7.47. The summed E-state index contributed by atoms with van der Waals surface area (Å²) in [5.41, 5.74) is 1.26. The Morgan fingerprint density at radius 2 is 2.17 bits per heavy atom. The third kappa shape index (κ3) is 4.99. The van der Waals surface area contributed by atoms with Crippen LogP contribution in [-0.2, 0) is 9.53 Å². The number of nitrogens with zero attached hydrogens (tertiary/aromatic N) is 1. The standard InChI is InChI=1S/C12H19N3O3/c1-9-8-10(15-14-9)12(17)13-7-5-3-4-6-11(16)18-2/h8H,3-7H2,1-2H3,(H,13,17)(H,14,15). The SMILES string of the molecule is COC(=O)CCCCCNC(=O)c1cc(C)[nH]n1. The number of carbonyl (C=O) groups is 2. The van der Waals surface area contributed by atoms with E-state index in [1.807, 2.05) is 6.92 Å². The smallest absolute Gasteiger partial charge is 0.305 e. The van der Waals surface area contributed by atoms with Gasteiger partial charge in [0, 0.05) is 18.7 Å². The van der Waals surface area contributed by atoms with E-state index in [2.05, 4.69) is 20.3 Å². The number of aromatic nitrogens is 2. The average Bonchev–Trinajstić information content (AvgIpc) is 2.79. The molecule has 0 spiro atoms. The Morgan fingerprint density at radius 3 is 2.78 bits per heavy atom. The average molecular weight is 253 g/mol. The number of hydrogen-bond donors (Lipinski definition) is 2. The first-order valence-electron chi connectivity index (χ1n) is 6.00. The summed E-state index contributed by atoms with van der Waals surface area (Å²) >= 11 is 0. The number of aryl methyl sites for hydroxylation is 1. The minimum absolute atomic E-state index is 0.174. The summed E-state index contributed by atoms with van der Waals surface area (Å²) in [5.74, 6) is -0.363. The number of methoxy groups -OCH3 is 1. The van der Waals surface area contributed by atoms with Crippen LogP contribution in [0, 0.1) is 6.92 Å². The van der Waals surface area contributed by atoms with Gasteiger partial charge in [0.15, 0.2) is 0 Å². The lowest BCUT2D eigenvalue weighted by Gasteiger charge is -2.02. The molecule has 1 aromatic rings. The number of aromatic amines is 1. The maximum Gasteiger partial charge on any atom is 0.305 e. The molecule has 1 rings (SSSR count). The zero-order valence-electron chi connectivity index (χ0n) is 10.8. The van der Waals surface area contributed by atoms with Crippen molar-refractivity contribution in [3.63, 3.8) is 0 Å². The highest BCUT2D eigenvalue weighted by molar-refractivity contribution is 5.92. The Balaban J connectivity index is 2.08. The van der Waals surface area contributed by atoms with Crippen LogP contribution < -0.4 is 5.32 Å². The maximum atomic E-state index is 11.6. The molecule has 0 unspecified atom stereocenters. The fourth-order valence-electron chi connectivity index (χ4n) is 1.50. The van der Waals surface area contributed by atoms with Crippen LogP contribution in [0.3, 0.4) is 0 Å². The van der Waals surface area contributed by atoms with E-state index in [1.165, 1.54) is 7.11 Å². The molecule has 0 saturated carbocycles. The predicted octanol–water partition coefficient (Wildman–Crippen LogP) is 1.18. The highest BCUT2D eigenvalue weighted by Crippen LogP contribution is 2.01. The summed E-state index contributed by atoms with van der Waals surface area (Å²) in [4.78, 5) is 22.4. The van der Waals surface area contributed by atoms with Crippen LogP contribution in [-0.4, -0.2) is 35.7 Å². The normalized spacial score (nSPS) is 10.1. The van der Waals surface area contributed by atoms with E-state index in [0.29, 0.717) is 18.7 Å². The Morgan fingerprint density at radius 1 is 1.39 bits per heavy atom. The Bertz CT molecular complexity index is 401. The molecule has 0 aliphatic carbocycles. The van der Waals surface area contributed by atoms with Crippen LogP contribution in [0.1, 0.15) is 41.9 Å². The number of hydrogen-bond acceptors (Lipinski definition) is 4. The molecule has 18 heavy (non-hydrogen) atoms. The fraction of sp³-hybridized carbons (Fsp3) is 0.583. The van der Waals surface area contributed by atoms with Gasteiger partial charge in [0.25, 0.3) is 5.91 Å². The molecular formula is C12H19N3O3. The quantitative estimate of drug-likeness (QED) is 0.564. The second-order valence-electron chi connectivity index (χ2n) is 4.08. The number of carbonyl (C=O) groups excluding carboxylic acids is 2. The zero-order valence-corrected chi connectivity index (χ0v) is 10.8. The molecule has 6 nitrogen and oxygen atoms in total. The molecule has 0 aromatic carbocycles. The fourth-order valence-corrected chi connectivity index (χ4v) is 1.50. The number of H-pyrrole nitrogens is 1. The summed E-state index contributed by atoms with van der Waals surface area (Å²) in [6.07, 6.45) is 2.94. The zero-order chi connectivity index (χ0) is 13.4. The van der Waals surface area contributed by atoms with Crippen molar-refractivity contribution in [2.75, 3.05) is 13.7 Å². The molecule has 6 heteroatoms. The van der Waals surface area contributed by atoms with Gasteiger partial charge >= 0.3 is 5.97 Å². The van der Waals surface area contributed by atoms with Crippen LogP contribution in [0.15, 0.2) is 6.07 Å². The summed E-state index contributed by atoms with van der Waals surface area (Å²) in [7, 11) is 1.38. The molecule has 0 atom stereocenters. The van der Waals surface area contributed by atoms with E-state index >= 15 is 0 Å². The van der Waals surface area contributed by atoms with Gasteiger partial charge in [-0.1, -0.05) is 6.42 Å². The van der Waals surface area contributed by atoms with Gasteiger partial charge in [0.2, 0.25) is 0 Å². The van der Waals surface area contributed by atoms with Gasteiger partial charge in [-0.3, -0.25) is 14.7 Å². The molecule has 100 valence electrons. The molecule has 0 aliphatic heterocycles. The van der Waals surface area contributed by atoms with Crippen molar-refractivity contribution in [1.82, 2.24) is 15.5 Å². The molecule has 1 amide bonds. The number of esters is 1. The van der Waals surface area contributed by atoms with Gasteiger partial charge in [-0.2, -0.15) is 5.10 Å². The first-order chi connectivity index (χ1) is 8.63. The number of unbranched alkanes of at least 4 members (excludes halogenated alkanes) is 2. The van der Waals surface area contributed by atoms with Crippen LogP contribution in [0.25, 0.3) is 0 Å². The van der Waals surface area contributed by atoms with Crippen LogP contribution in [0.5, 0.6) is 0 Å². The van der Waals surface area contributed by atoms with Gasteiger partial charge < -0.3 is 10.1 Å². The van der Waals surface area contributed by atoms with E-state index in [9.17, 15) is 9.59 Å². The Hall–Kier alpha value is -1.85. The van der Waals surface area contributed by atoms with Crippen molar-refractivity contribution in [3.05, 3.63) is 17.5 Å². The van der Waals surface area contributed by atoms with Gasteiger partial charge in [-0.05, 0) is 25.8 Å². The summed E-state index contributed by atoms with van der Waals surface area (Å²) < 4.78 is 4.53. The first-order valence-corrected chi connectivity index (χ1v) is 6.00. The Kier molecular flexibility index (Phi) is 5.90.